The Bertz CT molecular complexity index is 1390. The number of nitrogens with zero attached hydrogens (tertiary/aromatic N) is 1. The topological polar surface area (TPSA) is 70.8 Å². The highest BCUT2D eigenvalue weighted by Gasteiger charge is 2.23. The zero-order valence-corrected chi connectivity index (χ0v) is 19.7. The second-order valence-corrected chi connectivity index (χ2v) is 7.65. The first kappa shape index (κ1) is 23.6. The quantitative estimate of drug-likeness (QED) is 0.207. The van der Waals surface area contributed by atoms with E-state index in [9.17, 15) is 10.1 Å². The Morgan fingerprint density at radius 1 is 0.600 bits per heavy atom. The Morgan fingerprint density at radius 3 is 1.57 bits per heavy atom. The van der Waals surface area contributed by atoms with Gasteiger partial charge in [-0.25, -0.2) is 0 Å². The molecule has 6 nitrogen and oxygen atoms in total. The highest BCUT2D eigenvalue weighted by Crippen LogP contribution is 2.49. The first-order valence-electron chi connectivity index (χ1n) is 11.0. The molecule has 0 unspecified atom stereocenters. The fourth-order valence-electron chi connectivity index (χ4n) is 4.26. The van der Waals surface area contributed by atoms with Crippen LogP contribution < -0.4 is 14.2 Å². The van der Waals surface area contributed by atoms with Crippen LogP contribution in [0.3, 0.4) is 0 Å². The highest BCUT2D eigenvalue weighted by molar-refractivity contribution is 6.01. The van der Waals surface area contributed by atoms with Gasteiger partial charge in [-0.05, 0) is 29.3 Å². The largest absolute Gasteiger partial charge is 0.496 e. The maximum atomic E-state index is 11.2. The molecule has 0 atom stereocenters. The van der Waals surface area contributed by atoms with Crippen LogP contribution in [0.25, 0.3) is 39.5 Å². The number of benzene rings is 4. The minimum atomic E-state index is -0.469. The molecule has 0 fully saturated rings. The van der Waals surface area contributed by atoms with E-state index in [-0.39, 0.29) is 0 Å². The molecule has 35 heavy (non-hydrogen) atoms. The summed E-state index contributed by atoms with van der Waals surface area (Å²) in [6.07, 6.45) is 2.45. The standard InChI is InChI=1S/C29H25NO5/c1-33-25-13-7-4-10-21(25)22-17-16-20(18-19-30(31)32)28(23-11-5-8-14-26(23)34-2)29(22)24-12-6-9-15-27(24)35-3/h4-19H,1-3H3/b19-18+. The van der Waals surface area contributed by atoms with Crippen molar-refractivity contribution in [1.29, 1.82) is 0 Å². The minimum Gasteiger partial charge on any atom is -0.496 e. The van der Waals surface area contributed by atoms with E-state index in [2.05, 4.69) is 0 Å². The van der Waals surface area contributed by atoms with Crippen molar-refractivity contribution in [1.82, 2.24) is 0 Å². The lowest BCUT2D eigenvalue weighted by atomic mass is 9.84. The average molecular weight is 468 g/mol. The lowest BCUT2D eigenvalue weighted by Crippen LogP contribution is -1.99. The molecule has 0 aliphatic heterocycles. The van der Waals surface area contributed by atoms with E-state index in [1.54, 1.807) is 21.3 Å². The van der Waals surface area contributed by atoms with Crippen LogP contribution in [-0.4, -0.2) is 26.3 Å². The van der Waals surface area contributed by atoms with Gasteiger partial charge in [0.1, 0.15) is 17.2 Å². The van der Waals surface area contributed by atoms with Crippen LogP contribution in [0.1, 0.15) is 5.56 Å². The van der Waals surface area contributed by atoms with E-state index in [0.717, 1.165) is 39.6 Å². The fourth-order valence-corrected chi connectivity index (χ4v) is 4.26. The first-order chi connectivity index (χ1) is 17.1. The third-order valence-corrected chi connectivity index (χ3v) is 5.76. The van der Waals surface area contributed by atoms with Crippen LogP contribution in [0.4, 0.5) is 0 Å². The van der Waals surface area contributed by atoms with Crippen molar-refractivity contribution in [3.63, 3.8) is 0 Å². The number of rotatable bonds is 8. The van der Waals surface area contributed by atoms with E-state index < -0.39 is 4.92 Å². The Hall–Kier alpha value is -4.58. The van der Waals surface area contributed by atoms with Crippen molar-refractivity contribution in [3.8, 4) is 50.6 Å². The number of hydrogen-bond donors (Lipinski definition) is 0. The number of nitro groups is 1. The second-order valence-electron chi connectivity index (χ2n) is 7.65. The Kier molecular flexibility index (Phi) is 7.12. The zero-order valence-electron chi connectivity index (χ0n) is 19.7. The van der Waals surface area contributed by atoms with Crippen molar-refractivity contribution < 1.29 is 19.1 Å². The van der Waals surface area contributed by atoms with Gasteiger partial charge in [0.25, 0.3) is 0 Å². The molecule has 0 amide bonds. The van der Waals surface area contributed by atoms with Crippen LogP contribution in [0, 0.1) is 10.1 Å². The highest BCUT2D eigenvalue weighted by atomic mass is 16.6. The Balaban J connectivity index is 2.21. The molecule has 0 saturated carbocycles. The molecule has 6 heteroatoms. The molecule has 0 aliphatic carbocycles. The summed E-state index contributed by atoms with van der Waals surface area (Å²) in [7, 11) is 4.87. The lowest BCUT2D eigenvalue weighted by Gasteiger charge is -2.22. The molecule has 4 rings (SSSR count). The van der Waals surface area contributed by atoms with Gasteiger partial charge in [0.2, 0.25) is 6.20 Å². The molecular weight excluding hydrogens is 442 g/mol. The summed E-state index contributed by atoms with van der Waals surface area (Å²) in [4.78, 5) is 10.8. The van der Waals surface area contributed by atoms with Gasteiger partial charge in [0, 0.05) is 33.9 Å². The van der Waals surface area contributed by atoms with Gasteiger partial charge in [-0.2, -0.15) is 0 Å². The predicted molar refractivity (Wildman–Crippen MR) is 138 cm³/mol. The van der Waals surface area contributed by atoms with Crippen molar-refractivity contribution in [2.45, 2.75) is 0 Å². The van der Waals surface area contributed by atoms with Crippen LogP contribution in [0.15, 0.2) is 91.1 Å². The average Bonchev–Trinajstić information content (AvgIpc) is 2.91. The van der Waals surface area contributed by atoms with E-state index >= 15 is 0 Å². The number of para-hydroxylation sites is 3. The second kappa shape index (κ2) is 10.6. The minimum absolute atomic E-state index is 0.469. The molecule has 0 spiro atoms. The van der Waals surface area contributed by atoms with Gasteiger partial charge in [-0.1, -0.05) is 66.7 Å². The van der Waals surface area contributed by atoms with E-state index in [1.165, 1.54) is 6.08 Å². The summed E-state index contributed by atoms with van der Waals surface area (Å²) in [5, 5.41) is 11.2. The summed E-state index contributed by atoms with van der Waals surface area (Å²) < 4.78 is 17.1. The van der Waals surface area contributed by atoms with Crippen molar-refractivity contribution in [3.05, 3.63) is 107 Å². The molecule has 0 heterocycles. The lowest BCUT2D eigenvalue weighted by molar-refractivity contribution is -0.400. The third kappa shape index (κ3) is 4.73. The van der Waals surface area contributed by atoms with Crippen LogP contribution in [0.2, 0.25) is 0 Å². The van der Waals surface area contributed by atoms with Gasteiger partial charge in [0.05, 0.1) is 26.3 Å². The smallest absolute Gasteiger partial charge is 0.235 e. The summed E-state index contributed by atoms with van der Waals surface area (Å²) >= 11 is 0. The monoisotopic (exact) mass is 467 g/mol. The number of methoxy groups -OCH3 is 3. The summed E-state index contributed by atoms with van der Waals surface area (Å²) in [5.41, 5.74) is 5.73. The van der Waals surface area contributed by atoms with Crippen molar-refractivity contribution in [2.24, 2.45) is 0 Å². The molecule has 0 aliphatic rings. The van der Waals surface area contributed by atoms with Gasteiger partial charge in [0.15, 0.2) is 0 Å². The number of ether oxygens (including phenoxy) is 3. The summed E-state index contributed by atoms with van der Waals surface area (Å²) in [6.45, 7) is 0. The maximum Gasteiger partial charge on any atom is 0.235 e. The van der Waals surface area contributed by atoms with E-state index in [1.807, 2.05) is 84.9 Å². The molecule has 4 aromatic carbocycles. The van der Waals surface area contributed by atoms with Crippen LogP contribution in [-0.2, 0) is 0 Å². The first-order valence-corrected chi connectivity index (χ1v) is 11.0. The van der Waals surface area contributed by atoms with E-state index in [0.29, 0.717) is 22.8 Å². The molecule has 0 bridgehead atoms. The Morgan fingerprint density at radius 2 is 1.06 bits per heavy atom. The summed E-state index contributed by atoms with van der Waals surface area (Å²) in [5.74, 6) is 2.04. The zero-order chi connectivity index (χ0) is 24.8. The predicted octanol–water partition coefficient (Wildman–Crippen LogP) is 6.96. The van der Waals surface area contributed by atoms with E-state index in [4.69, 9.17) is 14.2 Å². The molecule has 0 saturated heterocycles. The summed E-state index contributed by atoms with van der Waals surface area (Å²) in [6, 6.07) is 27.0. The van der Waals surface area contributed by atoms with Gasteiger partial charge in [-0.3, -0.25) is 10.1 Å². The Labute approximate surface area is 204 Å². The molecule has 0 N–H and O–H groups in total. The van der Waals surface area contributed by atoms with Crippen LogP contribution in [0.5, 0.6) is 17.2 Å². The van der Waals surface area contributed by atoms with Gasteiger partial charge < -0.3 is 14.2 Å². The molecule has 0 aromatic heterocycles. The number of hydrogen-bond acceptors (Lipinski definition) is 5. The molecule has 0 radical (unpaired) electrons. The molecule has 4 aromatic rings. The van der Waals surface area contributed by atoms with Gasteiger partial charge in [-0.15, -0.1) is 0 Å². The SMILES string of the molecule is COc1ccccc1-c1ccc(/C=C/[N+](=O)[O-])c(-c2ccccc2OC)c1-c1ccccc1OC. The molecular formula is C29H25NO5. The normalized spacial score (nSPS) is 10.8. The van der Waals surface area contributed by atoms with Crippen LogP contribution >= 0.6 is 0 Å². The van der Waals surface area contributed by atoms with Crippen molar-refractivity contribution >= 4 is 6.08 Å². The van der Waals surface area contributed by atoms with Gasteiger partial charge >= 0.3 is 0 Å². The maximum absolute atomic E-state index is 11.2. The fraction of sp³-hybridized carbons (Fsp3) is 0.103. The van der Waals surface area contributed by atoms with Crippen molar-refractivity contribution in [2.75, 3.05) is 21.3 Å². The molecule has 176 valence electrons. The third-order valence-electron chi connectivity index (χ3n) is 5.76.